The van der Waals surface area contributed by atoms with Gasteiger partial charge in [0.15, 0.2) is 0 Å². The van der Waals surface area contributed by atoms with Crippen molar-refractivity contribution in [3.8, 4) is 0 Å². The van der Waals surface area contributed by atoms with Gasteiger partial charge in [-0.3, -0.25) is 4.90 Å². The number of nitrogens with two attached hydrogens (primary N) is 1. The molecule has 2 saturated heterocycles. The number of nitrogens with zero attached hydrogens (tertiary/aromatic N) is 2. The van der Waals surface area contributed by atoms with Crippen molar-refractivity contribution in [3.05, 3.63) is 22.2 Å². The molecule has 1 unspecified atom stereocenters. The molecule has 3 rings (SSSR count). The van der Waals surface area contributed by atoms with Gasteiger partial charge in [0.1, 0.15) is 0 Å². The lowest BCUT2D eigenvalue weighted by Crippen LogP contribution is -2.36. The topological polar surface area (TPSA) is 32.5 Å². The number of aryl methyl sites for hydroxylation is 1. The molecule has 1 aromatic carbocycles. The lowest BCUT2D eigenvalue weighted by Gasteiger charge is -2.28. The predicted octanol–water partition coefficient (Wildman–Crippen LogP) is 3.01. The van der Waals surface area contributed by atoms with E-state index in [9.17, 15) is 0 Å². The van der Waals surface area contributed by atoms with Crippen LogP contribution in [0.25, 0.3) is 0 Å². The van der Waals surface area contributed by atoms with Gasteiger partial charge < -0.3 is 10.6 Å². The zero-order valence-electron chi connectivity index (χ0n) is 11.5. The molecule has 0 radical (unpaired) electrons. The van der Waals surface area contributed by atoms with Crippen molar-refractivity contribution in [2.45, 2.75) is 32.2 Å². The van der Waals surface area contributed by atoms with Gasteiger partial charge in [-0.25, -0.2) is 0 Å². The molecule has 2 aliphatic rings. The van der Waals surface area contributed by atoms with Crippen LogP contribution in [0.4, 0.5) is 11.4 Å². The summed E-state index contributed by atoms with van der Waals surface area (Å²) in [7, 11) is 0. The van der Waals surface area contributed by atoms with E-state index in [0.29, 0.717) is 0 Å². The van der Waals surface area contributed by atoms with Crippen LogP contribution in [0.5, 0.6) is 0 Å². The molecule has 0 saturated carbocycles. The van der Waals surface area contributed by atoms with E-state index in [1.54, 1.807) is 0 Å². The molecular weight excluding hydrogens is 302 g/mol. The fraction of sp³-hybridized carbons (Fsp3) is 0.600. The van der Waals surface area contributed by atoms with Crippen molar-refractivity contribution >= 4 is 27.3 Å². The predicted molar refractivity (Wildman–Crippen MR) is 84.7 cm³/mol. The molecule has 1 aromatic rings. The van der Waals surface area contributed by atoms with Crippen LogP contribution in [0.3, 0.4) is 0 Å². The summed E-state index contributed by atoms with van der Waals surface area (Å²) in [4.78, 5) is 5.20. The van der Waals surface area contributed by atoms with Crippen molar-refractivity contribution in [2.24, 2.45) is 0 Å². The fourth-order valence-electron chi connectivity index (χ4n) is 3.35. The molecule has 4 heteroatoms. The Morgan fingerprint density at radius 3 is 2.84 bits per heavy atom. The van der Waals surface area contributed by atoms with Crippen molar-refractivity contribution in [3.63, 3.8) is 0 Å². The molecule has 0 aromatic heterocycles. The highest BCUT2D eigenvalue weighted by Gasteiger charge is 2.29. The molecule has 3 nitrogen and oxygen atoms in total. The first-order valence-corrected chi connectivity index (χ1v) is 7.99. The minimum Gasteiger partial charge on any atom is -0.398 e. The van der Waals surface area contributed by atoms with Gasteiger partial charge in [-0.1, -0.05) is 0 Å². The number of hydrogen-bond acceptors (Lipinski definition) is 3. The van der Waals surface area contributed by atoms with E-state index in [1.807, 2.05) is 6.07 Å². The van der Waals surface area contributed by atoms with Gasteiger partial charge >= 0.3 is 0 Å². The highest BCUT2D eigenvalue weighted by Crippen LogP contribution is 2.33. The highest BCUT2D eigenvalue weighted by atomic mass is 79.9. The third kappa shape index (κ3) is 2.61. The molecule has 0 bridgehead atoms. The van der Waals surface area contributed by atoms with Crippen LogP contribution in [-0.2, 0) is 0 Å². The number of benzene rings is 1. The quantitative estimate of drug-likeness (QED) is 0.806. The van der Waals surface area contributed by atoms with Gasteiger partial charge in [0.05, 0.1) is 5.69 Å². The van der Waals surface area contributed by atoms with Crippen molar-refractivity contribution in [1.29, 1.82) is 0 Å². The molecule has 2 aliphatic heterocycles. The molecule has 0 spiro atoms. The van der Waals surface area contributed by atoms with Crippen LogP contribution in [0.2, 0.25) is 0 Å². The fourth-order valence-corrected chi connectivity index (χ4v) is 3.96. The van der Waals surface area contributed by atoms with E-state index in [0.717, 1.165) is 29.3 Å². The number of nitrogen functional groups attached to an aromatic ring is 1. The maximum absolute atomic E-state index is 5.98. The Kier molecular flexibility index (Phi) is 3.72. The van der Waals surface area contributed by atoms with E-state index < -0.39 is 0 Å². The molecule has 0 aliphatic carbocycles. The standard InChI is InChI=1S/C15H22BrN3/c1-11-8-15(13(16)9-14(11)17)19-7-3-6-18-5-2-4-12(18)10-19/h8-9,12H,2-7,10,17H2,1H3. The Balaban J connectivity index is 1.86. The summed E-state index contributed by atoms with van der Waals surface area (Å²) in [6, 6.07) is 5.01. The van der Waals surface area contributed by atoms with E-state index in [4.69, 9.17) is 5.73 Å². The zero-order valence-corrected chi connectivity index (χ0v) is 13.1. The van der Waals surface area contributed by atoms with Crippen LogP contribution in [-0.4, -0.2) is 37.1 Å². The van der Waals surface area contributed by atoms with Crippen molar-refractivity contribution in [2.75, 3.05) is 36.8 Å². The minimum absolute atomic E-state index is 0.743. The first kappa shape index (κ1) is 13.3. The maximum Gasteiger partial charge on any atom is 0.0515 e. The number of fused-ring (bicyclic) bond motifs is 1. The number of halogens is 1. The molecule has 2 fully saturated rings. The maximum atomic E-state index is 5.98. The molecule has 2 N–H and O–H groups in total. The molecule has 0 amide bonds. The molecular formula is C15H22BrN3. The number of rotatable bonds is 1. The molecule has 19 heavy (non-hydrogen) atoms. The average molecular weight is 324 g/mol. The monoisotopic (exact) mass is 323 g/mol. The van der Waals surface area contributed by atoms with Crippen molar-refractivity contribution in [1.82, 2.24) is 4.90 Å². The van der Waals surface area contributed by atoms with Gasteiger partial charge in [-0.2, -0.15) is 0 Å². The molecule has 1 atom stereocenters. The molecule has 104 valence electrons. The first-order chi connectivity index (χ1) is 9.15. The van der Waals surface area contributed by atoms with Gasteiger partial charge in [0.25, 0.3) is 0 Å². The SMILES string of the molecule is Cc1cc(N2CCCN3CCCC3C2)c(Br)cc1N. The van der Waals surface area contributed by atoms with Gasteiger partial charge in [-0.15, -0.1) is 0 Å². The summed E-state index contributed by atoms with van der Waals surface area (Å²) in [5.74, 6) is 0. The first-order valence-electron chi connectivity index (χ1n) is 7.20. The third-order valence-corrected chi connectivity index (χ3v) is 5.11. The van der Waals surface area contributed by atoms with E-state index in [2.05, 4.69) is 38.7 Å². The smallest absolute Gasteiger partial charge is 0.0515 e. The summed E-state index contributed by atoms with van der Waals surface area (Å²) >= 11 is 3.68. The van der Waals surface area contributed by atoms with Crippen LogP contribution < -0.4 is 10.6 Å². The van der Waals surface area contributed by atoms with E-state index in [-0.39, 0.29) is 0 Å². The summed E-state index contributed by atoms with van der Waals surface area (Å²) < 4.78 is 1.13. The van der Waals surface area contributed by atoms with Gasteiger partial charge in [-0.05, 0) is 66.4 Å². The zero-order chi connectivity index (χ0) is 13.4. The van der Waals surface area contributed by atoms with Crippen LogP contribution >= 0.6 is 15.9 Å². The van der Waals surface area contributed by atoms with Crippen LogP contribution in [0.1, 0.15) is 24.8 Å². The Labute approximate surface area is 123 Å². The van der Waals surface area contributed by atoms with Gasteiger partial charge in [0.2, 0.25) is 0 Å². The number of anilines is 2. The third-order valence-electron chi connectivity index (χ3n) is 4.48. The van der Waals surface area contributed by atoms with Crippen LogP contribution in [0, 0.1) is 6.92 Å². The lowest BCUT2D eigenvalue weighted by atomic mass is 10.1. The Hall–Kier alpha value is -0.740. The largest absolute Gasteiger partial charge is 0.398 e. The summed E-state index contributed by atoms with van der Waals surface area (Å²) in [6.45, 7) is 6.94. The second-order valence-corrected chi connectivity index (χ2v) is 6.65. The normalized spacial score (nSPS) is 24.3. The minimum atomic E-state index is 0.743. The van der Waals surface area contributed by atoms with Crippen LogP contribution in [0.15, 0.2) is 16.6 Å². The lowest BCUT2D eigenvalue weighted by molar-refractivity contribution is 0.273. The second-order valence-electron chi connectivity index (χ2n) is 5.79. The van der Waals surface area contributed by atoms with E-state index >= 15 is 0 Å². The van der Waals surface area contributed by atoms with Crippen molar-refractivity contribution < 1.29 is 0 Å². The summed E-state index contributed by atoms with van der Waals surface area (Å²) in [5.41, 5.74) is 9.33. The summed E-state index contributed by atoms with van der Waals surface area (Å²) in [5, 5.41) is 0. The second kappa shape index (κ2) is 5.33. The number of hydrogen-bond donors (Lipinski definition) is 1. The average Bonchev–Trinajstić information content (AvgIpc) is 2.71. The van der Waals surface area contributed by atoms with E-state index in [1.165, 1.54) is 43.6 Å². The summed E-state index contributed by atoms with van der Waals surface area (Å²) in [6.07, 6.45) is 3.97. The van der Waals surface area contributed by atoms with Gasteiger partial charge in [0, 0.05) is 35.8 Å². The Morgan fingerprint density at radius 2 is 2.00 bits per heavy atom. The Morgan fingerprint density at radius 1 is 1.21 bits per heavy atom. The molecule has 2 heterocycles. The highest BCUT2D eigenvalue weighted by molar-refractivity contribution is 9.10. The Bertz CT molecular complexity index is 475.